The minimum Gasteiger partial charge on any atom is -1.00 e. The Morgan fingerprint density at radius 2 is 1.66 bits per heavy atom. The van der Waals surface area contributed by atoms with Crippen LogP contribution in [0.25, 0.3) is 0 Å². The fourth-order valence-corrected chi connectivity index (χ4v) is 4.17. The average molecular weight is 517 g/mol. The van der Waals surface area contributed by atoms with Crippen molar-refractivity contribution in [2.45, 2.75) is 78.1 Å². The minimum atomic E-state index is -1.33. The SMILES string of the molecule is CCCCCC[N+]1(CCO)CCCCC1.CCCCCOc1ccccc1NC(=O)[O-].[Br-]. The van der Waals surface area contributed by atoms with Gasteiger partial charge in [0, 0.05) is 0 Å². The van der Waals surface area contributed by atoms with E-state index >= 15 is 0 Å². The van der Waals surface area contributed by atoms with Gasteiger partial charge in [0.1, 0.15) is 18.4 Å². The molecular formula is C25H44BrN2O4-. The standard InChI is InChI=1S/C13H28NO.C12H17NO3.BrH/c1-2-3-4-6-9-14(12-13-15)10-7-5-8-11-14;1-2-3-6-9-16-11-8-5-4-7-10(11)13-12(14)15;/h15H,2-13H2,1H3;4-5,7-8,13H,2-3,6,9H2,1H3,(H,14,15);1H/q+1;;/p-2. The largest absolute Gasteiger partial charge is 1.00 e. The third-order valence-electron chi connectivity index (χ3n) is 5.95. The van der Waals surface area contributed by atoms with E-state index < -0.39 is 6.09 Å². The summed E-state index contributed by atoms with van der Waals surface area (Å²) in [7, 11) is 0. The molecule has 2 rings (SSSR count). The molecule has 0 bridgehead atoms. The van der Waals surface area contributed by atoms with E-state index in [2.05, 4.69) is 19.2 Å². The number of anilines is 1. The first kappa shape index (κ1) is 30.7. The van der Waals surface area contributed by atoms with Crippen LogP contribution in [0.15, 0.2) is 24.3 Å². The van der Waals surface area contributed by atoms with Crippen molar-refractivity contribution in [3.63, 3.8) is 0 Å². The van der Waals surface area contributed by atoms with Gasteiger partial charge < -0.3 is 46.5 Å². The zero-order valence-corrected chi connectivity index (χ0v) is 21.7. The van der Waals surface area contributed by atoms with E-state index in [0.29, 0.717) is 24.7 Å². The molecule has 1 amide bonds. The molecule has 0 aliphatic carbocycles. The van der Waals surface area contributed by atoms with Gasteiger partial charge in [0.05, 0.1) is 38.5 Å². The molecule has 0 atom stereocenters. The maximum Gasteiger partial charge on any atom is 0.142 e. The third kappa shape index (κ3) is 13.3. The maximum atomic E-state index is 10.4. The van der Waals surface area contributed by atoms with Gasteiger partial charge >= 0.3 is 0 Å². The second-order valence-electron chi connectivity index (χ2n) is 8.55. The quantitative estimate of drug-likeness (QED) is 0.308. The van der Waals surface area contributed by atoms with Gasteiger partial charge in [0.15, 0.2) is 0 Å². The van der Waals surface area contributed by atoms with Crippen LogP contribution in [0.2, 0.25) is 0 Å². The van der Waals surface area contributed by atoms with Crippen LogP contribution in [-0.2, 0) is 0 Å². The highest BCUT2D eigenvalue weighted by Gasteiger charge is 2.28. The van der Waals surface area contributed by atoms with Gasteiger partial charge in [-0.05, 0) is 50.7 Å². The lowest BCUT2D eigenvalue weighted by Gasteiger charge is -2.41. The van der Waals surface area contributed by atoms with Crippen molar-refractivity contribution in [3.8, 4) is 5.75 Å². The van der Waals surface area contributed by atoms with E-state index in [0.717, 1.165) is 25.8 Å². The van der Waals surface area contributed by atoms with Crippen molar-refractivity contribution in [1.29, 1.82) is 0 Å². The number of amides is 1. The number of halogens is 1. The molecule has 1 aliphatic heterocycles. The Kier molecular flexibility index (Phi) is 18.4. The zero-order chi connectivity index (χ0) is 22.8. The highest BCUT2D eigenvalue weighted by molar-refractivity contribution is 5.83. The van der Waals surface area contributed by atoms with Gasteiger partial charge in [0.25, 0.3) is 0 Å². The van der Waals surface area contributed by atoms with Crippen LogP contribution in [0.1, 0.15) is 78.1 Å². The maximum absolute atomic E-state index is 10.4. The monoisotopic (exact) mass is 515 g/mol. The number of aliphatic hydroxyl groups excluding tert-OH is 1. The number of carbonyl (C=O) groups excluding carboxylic acids is 1. The molecule has 1 aliphatic rings. The van der Waals surface area contributed by atoms with E-state index in [1.54, 1.807) is 24.3 Å². The van der Waals surface area contributed by atoms with E-state index in [9.17, 15) is 15.0 Å². The van der Waals surface area contributed by atoms with Gasteiger partial charge in [-0.2, -0.15) is 0 Å². The summed E-state index contributed by atoms with van der Waals surface area (Å²) in [6.45, 7) is 10.3. The number of para-hydroxylation sites is 2. The van der Waals surface area contributed by atoms with Crippen molar-refractivity contribution in [1.82, 2.24) is 0 Å². The van der Waals surface area contributed by atoms with Crippen molar-refractivity contribution in [2.75, 3.05) is 44.7 Å². The first-order chi connectivity index (χ1) is 15.1. The van der Waals surface area contributed by atoms with Gasteiger partial charge in [0.2, 0.25) is 0 Å². The van der Waals surface area contributed by atoms with Gasteiger partial charge in [-0.25, -0.2) is 0 Å². The fourth-order valence-electron chi connectivity index (χ4n) is 4.17. The second kappa shape index (κ2) is 19.2. The molecule has 32 heavy (non-hydrogen) atoms. The molecule has 0 unspecified atom stereocenters. The summed E-state index contributed by atoms with van der Waals surface area (Å²) in [5.74, 6) is 0.544. The zero-order valence-electron chi connectivity index (χ0n) is 20.1. The number of hydrogen-bond acceptors (Lipinski definition) is 4. The lowest BCUT2D eigenvalue weighted by molar-refractivity contribution is -0.932. The number of quaternary nitrogens is 1. The molecule has 0 radical (unpaired) electrons. The van der Waals surface area contributed by atoms with Crippen molar-refractivity contribution in [2.24, 2.45) is 0 Å². The molecule has 6 nitrogen and oxygen atoms in total. The lowest BCUT2D eigenvalue weighted by atomic mass is 10.1. The first-order valence-electron chi connectivity index (χ1n) is 12.2. The molecular weight excluding hydrogens is 472 g/mol. The second-order valence-corrected chi connectivity index (χ2v) is 8.55. The van der Waals surface area contributed by atoms with Crippen molar-refractivity contribution in [3.05, 3.63) is 24.3 Å². The van der Waals surface area contributed by atoms with Crippen molar-refractivity contribution >= 4 is 11.8 Å². The van der Waals surface area contributed by atoms with Crippen molar-refractivity contribution < 1.29 is 41.2 Å². The molecule has 2 N–H and O–H groups in total. The summed E-state index contributed by atoms with van der Waals surface area (Å²) in [4.78, 5) is 10.4. The number of carbonyl (C=O) groups is 1. The molecule has 1 aromatic rings. The van der Waals surface area contributed by atoms with Crippen LogP contribution in [0, 0.1) is 0 Å². The highest BCUT2D eigenvalue weighted by Crippen LogP contribution is 2.23. The predicted octanol–water partition coefficient (Wildman–Crippen LogP) is 1.57. The summed E-state index contributed by atoms with van der Waals surface area (Å²) >= 11 is 0. The Bertz CT molecular complexity index is 590. The lowest BCUT2D eigenvalue weighted by Crippen LogP contribution is -3.00. The number of nitrogens with zero attached hydrogens (tertiary/aromatic N) is 1. The number of nitrogens with one attached hydrogen (secondary N) is 1. The summed E-state index contributed by atoms with van der Waals surface area (Å²) in [6, 6.07) is 6.92. The average Bonchev–Trinajstić information content (AvgIpc) is 2.76. The topological polar surface area (TPSA) is 81.6 Å². The summed E-state index contributed by atoms with van der Waals surface area (Å²) in [5.41, 5.74) is 0.430. The van der Waals surface area contributed by atoms with E-state index in [4.69, 9.17) is 4.74 Å². The molecule has 1 saturated heterocycles. The molecule has 0 aromatic heterocycles. The number of piperidine rings is 1. The number of ether oxygens (including phenoxy) is 1. The molecule has 1 aromatic carbocycles. The predicted molar refractivity (Wildman–Crippen MR) is 125 cm³/mol. The first-order valence-corrected chi connectivity index (χ1v) is 12.2. The Labute approximate surface area is 205 Å². The van der Waals surface area contributed by atoms with Crippen LogP contribution < -0.4 is 32.1 Å². The molecule has 0 spiro atoms. The van der Waals surface area contributed by atoms with Gasteiger partial charge in [-0.1, -0.05) is 51.7 Å². The number of carboxylic acid groups (broad SMARTS) is 1. The van der Waals surface area contributed by atoms with Crippen LogP contribution in [-0.4, -0.2) is 55.1 Å². The fraction of sp³-hybridized carbons (Fsp3) is 0.720. The Morgan fingerprint density at radius 1 is 1.00 bits per heavy atom. The van der Waals surface area contributed by atoms with Gasteiger partial charge in [-0.3, -0.25) is 0 Å². The number of benzene rings is 1. The summed E-state index contributed by atoms with van der Waals surface area (Å²) in [6.07, 6.45) is 11.4. The Hall–Kier alpha value is -1.31. The van der Waals surface area contributed by atoms with E-state index in [1.807, 2.05) is 0 Å². The molecule has 7 heteroatoms. The molecule has 1 fully saturated rings. The van der Waals surface area contributed by atoms with E-state index in [1.165, 1.54) is 69.1 Å². The van der Waals surface area contributed by atoms with E-state index in [-0.39, 0.29) is 17.0 Å². The summed E-state index contributed by atoms with van der Waals surface area (Å²) < 4.78 is 6.70. The normalized spacial score (nSPS) is 14.5. The Balaban J connectivity index is 0.000000584. The van der Waals surface area contributed by atoms with Crippen LogP contribution in [0.4, 0.5) is 10.5 Å². The number of rotatable bonds is 13. The smallest absolute Gasteiger partial charge is 0.142 e. The highest BCUT2D eigenvalue weighted by atomic mass is 79.9. The van der Waals surface area contributed by atoms with Crippen LogP contribution in [0.3, 0.4) is 0 Å². The van der Waals surface area contributed by atoms with Crippen LogP contribution >= 0.6 is 0 Å². The third-order valence-corrected chi connectivity index (χ3v) is 5.95. The minimum absolute atomic E-state index is 0. The molecule has 0 saturated carbocycles. The Morgan fingerprint density at radius 3 is 2.28 bits per heavy atom. The number of hydrogen-bond donors (Lipinski definition) is 2. The molecule has 1 heterocycles. The number of likely N-dealkylation sites (tertiary alicyclic amines) is 1. The number of aliphatic hydroxyl groups is 1. The number of unbranched alkanes of at least 4 members (excludes halogenated alkanes) is 5. The molecule has 186 valence electrons. The van der Waals surface area contributed by atoms with Crippen LogP contribution in [0.5, 0.6) is 5.75 Å². The summed E-state index contributed by atoms with van der Waals surface area (Å²) in [5, 5.41) is 21.8. The van der Waals surface area contributed by atoms with Gasteiger partial charge in [-0.15, -0.1) is 0 Å².